The molecule has 33 heavy (non-hydrogen) atoms. The van der Waals surface area contributed by atoms with Crippen LogP contribution < -0.4 is 30.2 Å². The van der Waals surface area contributed by atoms with Crippen LogP contribution >= 0.6 is 0 Å². The molecule has 2 aromatic carbocycles. The number of nitrogens with zero attached hydrogens (tertiary/aromatic N) is 3. The fourth-order valence-electron chi connectivity index (χ4n) is 3.52. The standard InChI is InChI=1S/C23H22N4O6/c1-27-21-20(22(28)26-23(27)29)24-18(12-6-8-14(30-2)16(10-12)32-4)19(25-21)13-7-9-15(31-3)17(11-13)33-5/h6-11H,1-5H3,(H,26,28,29). The molecule has 4 aromatic rings. The first-order chi connectivity index (χ1) is 15.9. The van der Waals surface area contributed by atoms with Crippen molar-refractivity contribution in [3.8, 4) is 45.5 Å². The van der Waals surface area contributed by atoms with Gasteiger partial charge in [-0.25, -0.2) is 14.8 Å². The summed E-state index contributed by atoms with van der Waals surface area (Å²) in [5.41, 5.74) is 1.12. The lowest BCUT2D eigenvalue weighted by molar-refractivity contribution is 0.355. The minimum absolute atomic E-state index is 0.0334. The molecule has 4 rings (SSSR count). The number of fused-ring (bicyclic) bond motifs is 1. The molecule has 0 bridgehead atoms. The summed E-state index contributed by atoms with van der Waals surface area (Å²) in [4.78, 5) is 36.3. The summed E-state index contributed by atoms with van der Waals surface area (Å²) in [6.07, 6.45) is 0. The fraction of sp³-hybridized carbons (Fsp3) is 0.217. The quantitative estimate of drug-likeness (QED) is 0.476. The van der Waals surface area contributed by atoms with Crippen LogP contribution in [-0.4, -0.2) is 48.0 Å². The van der Waals surface area contributed by atoms with Crippen molar-refractivity contribution in [3.05, 3.63) is 57.2 Å². The van der Waals surface area contributed by atoms with Gasteiger partial charge in [0.25, 0.3) is 5.56 Å². The van der Waals surface area contributed by atoms with Crippen LogP contribution in [0.2, 0.25) is 0 Å². The Bertz CT molecular complexity index is 1470. The summed E-state index contributed by atoms with van der Waals surface area (Å²) < 4.78 is 22.8. The van der Waals surface area contributed by atoms with Gasteiger partial charge in [0.1, 0.15) is 0 Å². The van der Waals surface area contributed by atoms with E-state index in [0.29, 0.717) is 45.5 Å². The topological polar surface area (TPSA) is 118 Å². The maximum Gasteiger partial charge on any atom is 0.329 e. The highest BCUT2D eigenvalue weighted by atomic mass is 16.5. The minimum Gasteiger partial charge on any atom is -0.493 e. The van der Waals surface area contributed by atoms with Crippen molar-refractivity contribution >= 4 is 11.2 Å². The Labute approximate surface area is 188 Å². The van der Waals surface area contributed by atoms with Crippen molar-refractivity contribution < 1.29 is 18.9 Å². The van der Waals surface area contributed by atoms with E-state index in [4.69, 9.17) is 18.9 Å². The number of nitrogens with one attached hydrogen (secondary N) is 1. The second kappa shape index (κ2) is 8.65. The average Bonchev–Trinajstić information content (AvgIpc) is 2.85. The van der Waals surface area contributed by atoms with Gasteiger partial charge < -0.3 is 18.9 Å². The van der Waals surface area contributed by atoms with Gasteiger partial charge in [0.2, 0.25) is 0 Å². The molecule has 170 valence electrons. The van der Waals surface area contributed by atoms with Gasteiger partial charge in [-0.2, -0.15) is 0 Å². The third kappa shape index (κ3) is 3.75. The second-order valence-electron chi connectivity index (χ2n) is 7.05. The van der Waals surface area contributed by atoms with E-state index in [9.17, 15) is 9.59 Å². The van der Waals surface area contributed by atoms with Gasteiger partial charge in [-0.3, -0.25) is 14.3 Å². The van der Waals surface area contributed by atoms with E-state index in [1.54, 1.807) is 50.6 Å². The van der Waals surface area contributed by atoms with Gasteiger partial charge in [0.05, 0.1) is 39.8 Å². The molecule has 0 saturated heterocycles. The normalized spacial score (nSPS) is 10.8. The van der Waals surface area contributed by atoms with E-state index in [0.717, 1.165) is 0 Å². The van der Waals surface area contributed by atoms with Crippen LogP contribution in [0.4, 0.5) is 0 Å². The molecule has 0 spiro atoms. The molecule has 0 saturated carbocycles. The summed E-state index contributed by atoms with van der Waals surface area (Å²) in [6.45, 7) is 0. The molecule has 0 unspecified atom stereocenters. The number of aromatic amines is 1. The number of hydrogen-bond donors (Lipinski definition) is 1. The lowest BCUT2D eigenvalue weighted by Crippen LogP contribution is -2.29. The number of methoxy groups -OCH3 is 4. The van der Waals surface area contributed by atoms with Crippen molar-refractivity contribution in [2.24, 2.45) is 7.05 Å². The van der Waals surface area contributed by atoms with Crippen LogP contribution in [0.3, 0.4) is 0 Å². The van der Waals surface area contributed by atoms with E-state index >= 15 is 0 Å². The molecule has 2 heterocycles. The highest BCUT2D eigenvalue weighted by Gasteiger charge is 2.19. The number of hydrogen-bond acceptors (Lipinski definition) is 8. The van der Waals surface area contributed by atoms with Gasteiger partial charge in [-0.1, -0.05) is 0 Å². The zero-order valence-corrected chi connectivity index (χ0v) is 18.8. The lowest BCUT2D eigenvalue weighted by atomic mass is 10.0. The predicted octanol–water partition coefficient (Wildman–Crippen LogP) is 2.39. The van der Waals surface area contributed by atoms with Gasteiger partial charge in [0.15, 0.2) is 34.2 Å². The van der Waals surface area contributed by atoms with Crippen LogP contribution in [0.15, 0.2) is 46.0 Å². The van der Waals surface area contributed by atoms with E-state index in [2.05, 4.69) is 15.0 Å². The first-order valence-corrected chi connectivity index (χ1v) is 9.87. The summed E-state index contributed by atoms with van der Waals surface area (Å²) in [7, 11) is 7.67. The van der Waals surface area contributed by atoms with Crippen LogP contribution in [0, 0.1) is 0 Å². The second-order valence-corrected chi connectivity index (χ2v) is 7.05. The molecule has 0 atom stereocenters. The molecule has 1 N–H and O–H groups in total. The highest BCUT2D eigenvalue weighted by Crippen LogP contribution is 2.38. The Morgan fingerprint density at radius 3 is 1.70 bits per heavy atom. The Kier molecular flexibility index (Phi) is 5.74. The number of ether oxygens (including phenoxy) is 4. The molecule has 0 fully saturated rings. The van der Waals surface area contributed by atoms with Gasteiger partial charge in [0, 0.05) is 18.2 Å². The molecule has 10 heteroatoms. The maximum absolute atomic E-state index is 12.5. The van der Waals surface area contributed by atoms with Crippen molar-refractivity contribution in [1.29, 1.82) is 0 Å². The SMILES string of the molecule is COc1ccc(-c2nc3c(=O)[nH]c(=O)n(C)c3nc2-c2ccc(OC)c(OC)c2)cc1OC. The zero-order valence-electron chi connectivity index (χ0n) is 18.8. The van der Waals surface area contributed by atoms with Crippen LogP contribution in [-0.2, 0) is 7.05 Å². The summed E-state index contributed by atoms with van der Waals surface area (Å²) in [5, 5.41) is 0. The van der Waals surface area contributed by atoms with Crippen LogP contribution in [0.5, 0.6) is 23.0 Å². The highest BCUT2D eigenvalue weighted by molar-refractivity contribution is 5.85. The molecule has 10 nitrogen and oxygen atoms in total. The lowest BCUT2D eigenvalue weighted by Gasteiger charge is -2.15. The first-order valence-electron chi connectivity index (χ1n) is 9.87. The third-order valence-corrected chi connectivity index (χ3v) is 5.25. The fourth-order valence-corrected chi connectivity index (χ4v) is 3.52. The smallest absolute Gasteiger partial charge is 0.329 e. The molecular weight excluding hydrogens is 428 g/mol. The van der Waals surface area contributed by atoms with E-state index in [-0.39, 0.29) is 11.2 Å². The molecule has 0 radical (unpaired) electrons. The van der Waals surface area contributed by atoms with Crippen molar-refractivity contribution in [2.45, 2.75) is 0 Å². The number of benzene rings is 2. The maximum atomic E-state index is 12.5. The molecule has 0 aliphatic carbocycles. The average molecular weight is 450 g/mol. The van der Waals surface area contributed by atoms with Crippen LogP contribution in [0.1, 0.15) is 0 Å². The largest absolute Gasteiger partial charge is 0.493 e. The van der Waals surface area contributed by atoms with Crippen molar-refractivity contribution in [3.63, 3.8) is 0 Å². The van der Waals surface area contributed by atoms with E-state index in [1.807, 2.05) is 0 Å². The number of H-pyrrole nitrogens is 1. The molecule has 2 aromatic heterocycles. The molecular formula is C23H22N4O6. The number of rotatable bonds is 6. The van der Waals surface area contributed by atoms with Gasteiger partial charge in [-0.15, -0.1) is 0 Å². The zero-order chi connectivity index (χ0) is 23.7. The van der Waals surface area contributed by atoms with E-state index < -0.39 is 11.2 Å². The first kappa shape index (κ1) is 21.9. The van der Waals surface area contributed by atoms with Crippen LogP contribution in [0.25, 0.3) is 33.7 Å². The summed E-state index contributed by atoms with van der Waals surface area (Å²) in [5.74, 6) is 2.08. The molecule has 0 aliphatic rings. The third-order valence-electron chi connectivity index (χ3n) is 5.25. The summed E-state index contributed by atoms with van der Waals surface area (Å²) >= 11 is 0. The monoisotopic (exact) mass is 450 g/mol. The predicted molar refractivity (Wildman–Crippen MR) is 122 cm³/mol. The Morgan fingerprint density at radius 2 is 1.21 bits per heavy atom. The number of aromatic nitrogens is 4. The van der Waals surface area contributed by atoms with Crippen molar-refractivity contribution in [2.75, 3.05) is 28.4 Å². The number of aryl methyl sites for hydroxylation is 1. The molecule has 0 amide bonds. The molecule has 0 aliphatic heterocycles. The van der Waals surface area contributed by atoms with Gasteiger partial charge in [-0.05, 0) is 36.4 Å². The van der Waals surface area contributed by atoms with E-state index in [1.165, 1.54) is 25.8 Å². The Balaban J connectivity index is 2.09. The van der Waals surface area contributed by atoms with Gasteiger partial charge >= 0.3 is 5.69 Å². The van der Waals surface area contributed by atoms with Crippen molar-refractivity contribution in [1.82, 2.24) is 19.5 Å². The summed E-state index contributed by atoms with van der Waals surface area (Å²) in [6, 6.07) is 10.6. The Hall–Kier alpha value is -4.34. The Morgan fingerprint density at radius 1 is 0.727 bits per heavy atom. The minimum atomic E-state index is -0.624.